The van der Waals surface area contributed by atoms with E-state index < -0.39 is 0 Å². The van der Waals surface area contributed by atoms with E-state index in [1.165, 1.54) is 19.3 Å². The largest absolute Gasteiger partial charge is 0.340 e. The van der Waals surface area contributed by atoms with Crippen molar-refractivity contribution in [3.05, 3.63) is 0 Å². The van der Waals surface area contributed by atoms with Gasteiger partial charge in [0.05, 0.1) is 0 Å². The number of thioether (sulfide) groups is 1. The average Bonchev–Trinajstić information content (AvgIpc) is 2.38. The van der Waals surface area contributed by atoms with Crippen LogP contribution in [-0.4, -0.2) is 47.0 Å². The van der Waals surface area contributed by atoms with E-state index in [1.807, 2.05) is 18.8 Å². The lowest BCUT2D eigenvalue weighted by Crippen LogP contribution is -2.52. The Kier molecular flexibility index (Phi) is 4.83. The molecule has 1 aliphatic heterocycles. The first-order valence-corrected chi connectivity index (χ1v) is 8.56. The van der Waals surface area contributed by atoms with Crippen molar-refractivity contribution in [3.63, 3.8) is 0 Å². The van der Waals surface area contributed by atoms with Crippen molar-refractivity contribution < 1.29 is 4.79 Å². The maximum atomic E-state index is 12.6. The van der Waals surface area contributed by atoms with Gasteiger partial charge >= 0.3 is 0 Å². The van der Waals surface area contributed by atoms with E-state index in [0.29, 0.717) is 12.3 Å². The van der Waals surface area contributed by atoms with Crippen LogP contribution in [0.5, 0.6) is 0 Å². The fourth-order valence-electron chi connectivity index (χ4n) is 3.37. The molecule has 1 heterocycles. The first-order valence-electron chi connectivity index (χ1n) is 7.57. The number of rotatable bonds is 3. The summed E-state index contributed by atoms with van der Waals surface area (Å²) in [5.41, 5.74) is 0.0735. The normalized spacial score (nSPS) is 26.2. The summed E-state index contributed by atoms with van der Waals surface area (Å²) in [5.74, 6) is 1.43. The van der Waals surface area contributed by atoms with Crippen molar-refractivity contribution in [1.29, 1.82) is 0 Å². The van der Waals surface area contributed by atoms with E-state index in [4.69, 9.17) is 0 Å². The molecule has 0 unspecified atom stereocenters. The topological polar surface area (TPSA) is 32.3 Å². The molecule has 0 aromatic heterocycles. The van der Waals surface area contributed by atoms with Crippen LogP contribution in [0.25, 0.3) is 0 Å². The number of amides is 1. The molecule has 1 amide bonds. The van der Waals surface area contributed by atoms with Crippen LogP contribution in [0.1, 0.15) is 52.4 Å². The zero-order chi connectivity index (χ0) is 13.9. The Labute approximate surface area is 121 Å². The number of carbonyl (C=O) groups is 1. The molecule has 4 heteroatoms. The van der Waals surface area contributed by atoms with E-state index in [1.54, 1.807) is 0 Å². The third-order valence-electron chi connectivity index (χ3n) is 4.61. The molecule has 0 spiro atoms. The third-order valence-corrected chi connectivity index (χ3v) is 5.91. The van der Waals surface area contributed by atoms with Crippen LogP contribution in [0.15, 0.2) is 0 Å². The highest BCUT2D eigenvalue weighted by Crippen LogP contribution is 2.33. The van der Waals surface area contributed by atoms with Crippen molar-refractivity contribution in [2.45, 2.75) is 62.7 Å². The number of hydrogen-bond acceptors (Lipinski definition) is 3. The van der Waals surface area contributed by atoms with E-state index in [2.05, 4.69) is 24.1 Å². The Hall–Kier alpha value is -0.220. The van der Waals surface area contributed by atoms with Crippen LogP contribution in [0.4, 0.5) is 0 Å². The lowest BCUT2D eigenvalue weighted by Gasteiger charge is -2.41. The van der Waals surface area contributed by atoms with Gasteiger partial charge in [-0.15, -0.1) is 0 Å². The quantitative estimate of drug-likeness (QED) is 0.865. The Morgan fingerprint density at radius 2 is 1.95 bits per heavy atom. The Balaban J connectivity index is 1.95. The molecule has 19 heavy (non-hydrogen) atoms. The molecule has 1 saturated carbocycles. The van der Waals surface area contributed by atoms with Gasteiger partial charge < -0.3 is 10.2 Å². The molecule has 0 bridgehead atoms. The fraction of sp³-hybridized carbons (Fsp3) is 0.933. The van der Waals surface area contributed by atoms with E-state index in [-0.39, 0.29) is 10.3 Å². The molecule has 110 valence electrons. The molecule has 1 N–H and O–H groups in total. The second-order valence-corrected chi connectivity index (χ2v) is 8.49. The van der Waals surface area contributed by atoms with Crippen LogP contribution in [0.3, 0.4) is 0 Å². The minimum Gasteiger partial charge on any atom is -0.340 e. The minimum atomic E-state index is 0.0735. The highest BCUT2D eigenvalue weighted by molar-refractivity contribution is 8.00. The average molecular weight is 284 g/mol. The number of nitrogens with zero attached hydrogens (tertiary/aromatic N) is 1. The first kappa shape index (κ1) is 15.2. The molecule has 3 nitrogen and oxygen atoms in total. The SMILES string of the molecule is CNC1(CC(=O)N2CCSC(C)(C)C2)CCCCC1. The zero-order valence-corrected chi connectivity index (χ0v) is 13.4. The second-order valence-electron chi connectivity index (χ2n) is 6.69. The Morgan fingerprint density at radius 3 is 2.53 bits per heavy atom. The molecule has 0 aromatic rings. The molecule has 0 aromatic carbocycles. The molecule has 0 radical (unpaired) electrons. The summed E-state index contributed by atoms with van der Waals surface area (Å²) in [6.45, 7) is 6.31. The van der Waals surface area contributed by atoms with Crippen molar-refractivity contribution in [3.8, 4) is 0 Å². The van der Waals surface area contributed by atoms with Gasteiger partial charge in [0, 0.05) is 35.5 Å². The highest BCUT2D eigenvalue weighted by atomic mass is 32.2. The van der Waals surface area contributed by atoms with Crippen LogP contribution < -0.4 is 5.32 Å². The lowest BCUT2D eigenvalue weighted by atomic mass is 9.79. The Morgan fingerprint density at radius 1 is 1.26 bits per heavy atom. The standard InChI is InChI=1S/C15H28N2OS/c1-14(2)12-17(9-10-19-14)13(18)11-15(16-3)7-5-4-6-8-15/h16H,4-12H2,1-3H3. The van der Waals surface area contributed by atoms with Gasteiger partial charge in [0.2, 0.25) is 5.91 Å². The summed E-state index contributed by atoms with van der Waals surface area (Å²) < 4.78 is 0.216. The van der Waals surface area contributed by atoms with Gasteiger partial charge in [0.1, 0.15) is 0 Å². The maximum absolute atomic E-state index is 12.6. The van der Waals surface area contributed by atoms with Gasteiger partial charge in [-0.1, -0.05) is 19.3 Å². The minimum absolute atomic E-state index is 0.0735. The number of nitrogens with one attached hydrogen (secondary N) is 1. The lowest BCUT2D eigenvalue weighted by molar-refractivity contribution is -0.133. The van der Waals surface area contributed by atoms with Crippen LogP contribution in [-0.2, 0) is 4.79 Å². The zero-order valence-electron chi connectivity index (χ0n) is 12.6. The Bertz CT molecular complexity index is 324. The van der Waals surface area contributed by atoms with Crippen LogP contribution >= 0.6 is 11.8 Å². The highest BCUT2D eigenvalue weighted by Gasteiger charge is 2.36. The summed E-state index contributed by atoms with van der Waals surface area (Å²) in [6.07, 6.45) is 6.84. The van der Waals surface area contributed by atoms with Gasteiger partial charge in [0.15, 0.2) is 0 Å². The number of carbonyl (C=O) groups excluding carboxylic acids is 1. The predicted octanol–water partition coefficient (Wildman–Crippen LogP) is 2.65. The van der Waals surface area contributed by atoms with Gasteiger partial charge in [-0.2, -0.15) is 11.8 Å². The summed E-state index contributed by atoms with van der Waals surface area (Å²) in [6, 6.07) is 0. The predicted molar refractivity (Wildman–Crippen MR) is 82.6 cm³/mol. The molecule has 2 fully saturated rings. The number of hydrogen-bond donors (Lipinski definition) is 1. The van der Waals surface area contributed by atoms with E-state index >= 15 is 0 Å². The van der Waals surface area contributed by atoms with Gasteiger partial charge in [-0.05, 0) is 33.7 Å². The van der Waals surface area contributed by atoms with Crippen molar-refractivity contribution in [1.82, 2.24) is 10.2 Å². The molecular formula is C15H28N2OS. The molecule has 1 saturated heterocycles. The monoisotopic (exact) mass is 284 g/mol. The van der Waals surface area contributed by atoms with Crippen LogP contribution in [0, 0.1) is 0 Å². The summed E-state index contributed by atoms with van der Waals surface area (Å²) in [4.78, 5) is 14.7. The van der Waals surface area contributed by atoms with Crippen molar-refractivity contribution >= 4 is 17.7 Å². The maximum Gasteiger partial charge on any atom is 0.224 e. The van der Waals surface area contributed by atoms with E-state index in [9.17, 15) is 4.79 Å². The van der Waals surface area contributed by atoms with Crippen molar-refractivity contribution in [2.24, 2.45) is 0 Å². The summed E-state index contributed by atoms with van der Waals surface area (Å²) in [7, 11) is 2.02. The fourth-order valence-corrected chi connectivity index (χ4v) is 4.49. The van der Waals surface area contributed by atoms with Crippen LogP contribution in [0.2, 0.25) is 0 Å². The smallest absolute Gasteiger partial charge is 0.224 e. The summed E-state index contributed by atoms with van der Waals surface area (Å²) in [5, 5.41) is 3.46. The first-order chi connectivity index (χ1) is 8.96. The van der Waals surface area contributed by atoms with Crippen molar-refractivity contribution in [2.75, 3.05) is 25.9 Å². The van der Waals surface area contributed by atoms with E-state index in [0.717, 1.165) is 31.7 Å². The second kappa shape index (κ2) is 6.04. The molecule has 1 aliphatic carbocycles. The van der Waals surface area contributed by atoms with Gasteiger partial charge in [-0.25, -0.2) is 0 Å². The third kappa shape index (κ3) is 3.88. The summed E-state index contributed by atoms with van der Waals surface area (Å²) >= 11 is 1.98. The van der Waals surface area contributed by atoms with Gasteiger partial charge in [0.25, 0.3) is 0 Å². The molecule has 2 rings (SSSR count). The molecule has 0 atom stereocenters. The van der Waals surface area contributed by atoms with Gasteiger partial charge in [-0.3, -0.25) is 4.79 Å². The molecular weight excluding hydrogens is 256 g/mol. The molecule has 2 aliphatic rings.